The van der Waals surface area contributed by atoms with Crippen molar-refractivity contribution in [3.05, 3.63) is 0 Å². The summed E-state index contributed by atoms with van der Waals surface area (Å²) in [6.45, 7) is 0. The number of hydrogen-bond acceptors (Lipinski definition) is 5. The van der Waals surface area contributed by atoms with Crippen molar-refractivity contribution in [2.24, 2.45) is 0 Å². The van der Waals surface area contributed by atoms with E-state index < -0.39 is 18.3 Å². The molecule has 1 aliphatic heterocycles. The smallest absolute Gasteiger partial charge is 0.411 e. The maximum Gasteiger partial charge on any atom is 0.414 e. The van der Waals surface area contributed by atoms with Crippen molar-refractivity contribution < 1.29 is 24.9 Å². The summed E-state index contributed by atoms with van der Waals surface area (Å²) in [5.41, 5.74) is 0. The number of alkyl carbamates (subject to hydrolysis) is 1. The SMILES string of the molecule is O=C1NC(O)(O)C(O)O1. The molecule has 9 heavy (non-hydrogen) atoms. The Labute approximate surface area is 49.7 Å². The lowest BCUT2D eigenvalue weighted by Gasteiger charge is -2.13. The summed E-state index contributed by atoms with van der Waals surface area (Å²) >= 11 is 0. The number of aliphatic hydroxyl groups is 3. The van der Waals surface area contributed by atoms with Crippen molar-refractivity contribution in [2.75, 3.05) is 0 Å². The van der Waals surface area contributed by atoms with Gasteiger partial charge in [-0.05, 0) is 0 Å². The van der Waals surface area contributed by atoms with E-state index in [9.17, 15) is 4.79 Å². The average Bonchev–Trinajstić information content (AvgIpc) is 1.79. The van der Waals surface area contributed by atoms with Crippen LogP contribution in [0.15, 0.2) is 0 Å². The van der Waals surface area contributed by atoms with Crippen LogP contribution < -0.4 is 5.32 Å². The van der Waals surface area contributed by atoms with Crippen molar-refractivity contribution >= 4 is 6.09 Å². The number of hydrogen-bond donors (Lipinski definition) is 4. The van der Waals surface area contributed by atoms with E-state index >= 15 is 0 Å². The van der Waals surface area contributed by atoms with Crippen LogP contribution in [-0.4, -0.2) is 33.6 Å². The summed E-state index contributed by atoms with van der Waals surface area (Å²) in [4.78, 5) is 10.1. The van der Waals surface area contributed by atoms with Gasteiger partial charge in [-0.25, -0.2) is 4.79 Å². The minimum absolute atomic E-state index is 1.06. The molecule has 0 aromatic carbocycles. The van der Waals surface area contributed by atoms with Crippen LogP contribution in [0.25, 0.3) is 0 Å². The number of cyclic esters (lactones) is 1. The second-order valence-corrected chi connectivity index (χ2v) is 1.61. The van der Waals surface area contributed by atoms with Crippen molar-refractivity contribution in [1.82, 2.24) is 5.32 Å². The van der Waals surface area contributed by atoms with Gasteiger partial charge in [-0.15, -0.1) is 0 Å². The highest BCUT2D eigenvalue weighted by Gasteiger charge is 2.45. The van der Waals surface area contributed by atoms with Gasteiger partial charge in [0.25, 0.3) is 6.29 Å². The normalized spacial score (nSPS) is 31.4. The number of rotatable bonds is 0. The number of ether oxygens (including phenoxy) is 1. The van der Waals surface area contributed by atoms with Gasteiger partial charge in [0.05, 0.1) is 0 Å². The van der Waals surface area contributed by atoms with E-state index in [1.165, 1.54) is 0 Å². The quantitative estimate of drug-likeness (QED) is 0.279. The maximum absolute atomic E-state index is 10.1. The minimum Gasteiger partial charge on any atom is -0.411 e. The van der Waals surface area contributed by atoms with Gasteiger partial charge in [-0.1, -0.05) is 0 Å². The van der Waals surface area contributed by atoms with Gasteiger partial charge in [0, 0.05) is 0 Å². The Balaban J connectivity index is 2.69. The van der Waals surface area contributed by atoms with E-state index in [1.54, 1.807) is 5.32 Å². The molecule has 0 saturated carbocycles. The van der Waals surface area contributed by atoms with Gasteiger partial charge in [0.2, 0.25) is 0 Å². The maximum atomic E-state index is 10.1. The first-order valence-electron chi connectivity index (χ1n) is 2.14. The lowest BCUT2D eigenvalue weighted by Crippen LogP contribution is -2.48. The van der Waals surface area contributed by atoms with Crippen LogP contribution in [0.4, 0.5) is 4.79 Å². The van der Waals surface area contributed by atoms with Crippen molar-refractivity contribution in [3.8, 4) is 0 Å². The monoisotopic (exact) mass is 135 g/mol. The third-order valence-electron chi connectivity index (χ3n) is 0.849. The van der Waals surface area contributed by atoms with Crippen LogP contribution in [0.1, 0.15) is 0 Å². The Morgan fingerprint density at radius 3 is 2.33 bits per heavy atom. The molecule has 6 heteroatoms. The Morgan fingerprint density at radius 1 is 1.67 bits per heavy atom. The number of aliphatic hydroxyl groups excluding tert-OH is 1. The molecule has 0 aliphatic carbocycles. The minimum atomic E-state index is -2.64. The second kappa shape index (κ2) is 1.56. The third kappa shape index (κ3) is 0.947. The molecule has 1 heterocycles. The molecule has 1 amide bonds. The molecule has 1 saturated heterocycles. The summed E-state index contributed by atoms with van der Waals surface area (Å²) in [5, 5.41) is 26.9. The van der Waals surface area contributed by atoms with Gasteiger partial charge in [0.15, 0.2) is 0 Å². The number of nitrogens with one attached hydrogen (secondary N) is 1. The van der Waals surface area contributed by atoms with Crippen molar-refractivity contribution in [1.29, 1.82) is 0 Å². The van der Waals surface area contributed by atoms with Crippen molar-refractivity contribution in [3.63, 3.8) is 0 Å². The zero-order valence-corrected chi connectivity index (χ0v) is 4.24. The highest BCUT2D eigenvalue weighted by molar-refractivity contribution is 5.70. The average molecular weight is 135 g/mol. The first-order chi connectivity index (χ1) is 4.02. The molecular formula is C3H5NO5. The molecule has 0 radical (unpaired) electrons. The summed E-state index contributed by atoms with van der Waals surface area (Å²) in [6, 6.07) is 0. The molecule has 4 N–H and O–H groups in total. The van der Waals surface area contributed by atoms with Gasteiger partial charge in [-0.2, -0.15) is 0 Å². The topological polar surface area (TPSA) is 99.0 Å². The van der Waals surface area contributed by atoms with E-state index in [2.05, 4.69) is 4.74 Å². The van der Waals surface area contributed by atoms with Gasteiger partial charge in [0.1, 0.15) is 0 Å². The molecule has 52 valence electrons. The fourth-order valence-electron chi connectivity index (χ4n) is 0.425. The zero-order chi connectivity index (χ0) is 7.07. The van der Waals surface area contributed by atoms with E-state index in [1.807, 2.05) is 0 Å². The Morgan fingerprint density at radius 2 is 2.22 bits per heavy atom. The van der Waals surface area contributed by atoms with Crippen molar-refractivity contribution in [2.45, 2.75) is 12.2 Å². The molecule has 1 atom stereocenters. The lowest BCUT2D eigenvalue weighted by atomic mass is 10.5. The van der Waals surface area contributed by atoms with Crippen LogP contribution in [0.2, 0.25) is 0 Å². The predicted molar refractivity (Wildman–Crippen MR) is 22.8 cm³/mol. The van der Waals surface area contributed by atoms with Crippen LogP contribution >= 0.6 is 0 Å². The zero-order valence-electron chi connectivity index (χ0n) is 4.24. The molecule has 1 rings (SSSR count). The summed E-state index contributed by atoms with van der Waals surface area (Å²) in [5.74, 6) is -2.64. The molecule has 0 aromatic heterocycles. The third-order valence-corrected chi connectivity index (χ3v) is 0.849. The molecule has 1 aliphatic rings. The van der Waals surface area contributed by atoms with E-state index in [4.69, 9.17) is 15.3 Å². The molecule has 0 spiro atoms. The lowest BCUT2D eigenvalue weighted by molar-refractivity contribution is -0.265. The van der Waals surface area contributed by atoms with E-state index in [0.717, 1.165) is 0 Å². The van der Waals surface area contributed by atoms with Crippen LogP contribution in [-0.2, 0) is 4.74 Å². The first kappa shape index (κ1) is 6.27. The Bertz CT molecular complexity index is 143. The summed E-state index contributed by atoms with van der Waals surface area (Å²) in [7, 11) is 0. The number of carbonyl (C=O) groups excluding carboxylic acids is 1. The number of carbonyl (C=O) groups is 1. The van der Waals surface area contributed by atoms with Gasteiger partial charge >= 0.3 is 12.0 Å². The molecular weight excluding hydrogens is 130 g/mol. The Kier molecular flexibility index (Phi) is 1.09. The molecule has 1 fully saturated rings. The fourth-order valence-corrected chi connectivity index (χ4v) is 0.425. The molecule has 6 nitrogen and oxygen atoms in total. The van der Waals surface area contributed by atoms with E-state index in [-0.39, 0.29) is 0 Å². The molecule has 1 unspecified atom stereocenters. The molecule has 0 bridgehead atoms. The highest BCUT2D eigenvalue weighted by Crippen LogP contribution is 2.11. The fraction of sp³-hybridized carbons (Fsp3) is 0.667. The molecule has 0 aromatic rings. The summed E-state index contributed by atoms with van der Waals surface area (Å²) < 4.78 is 3.88. The largest absolute Gasteiger partial charge is 0.414 e. The second-order valence-electron chi connectivity index (χ2n) is 1.61. The van der Waals surface area contributed by atoms with Crippen LogP contribution in [0, 0.1) is 0 Å². The number of amides is 1. The van der Waals surface area contributed by atoms with E-state index in [0.29, 0.717) is 0 Å². The first-order valence-corrected chi connectivity index (χ1v) is 2.14. The highest BCUT2D eigenvalue weighted by atomic mass is 16.7. The summed E-state index contributed by atoms with van der Waals surface area (Å²) in [6.07, 6.45) is -2.97. The predicted octanol–water partition coefficient (Wildman–Crippen LogP) is -2.32. The van der Waals surface area contributed by atoms with Crippen LogP contribution in [0.3, 0.4) is 0 Å². The van der Waals surface area contributed by atoms with Crippen LogP contribution in [0.5, 0.6) is 0 Å². The van der Waals surface area contributed by atoms with Gasteiger partial charge < -0.3 is 20.1 Å². The van der Waals surface area contributed by atoms with Gasteiger partial charge in [-0.3, -0.25) is 5.32 Å². The standard InChI is InChI=1S/C3H5NO5/c5-1-3(7,8)4-2(6)9-1/h1,5,7-8H,(H,4,6). The Hall–Kier alpha value is -0.850.